The highest BCUT2D eigenvalue weighted by Crippen LogP contribution is 2.21. The molecule has 0 fully saturated rings. The molecule has 0 aliphatic heterocycles. The minimum atomic E-state index is -0.947. The molecule has 0 spiro atoms. The molecule has 0 saturated heterocycles. The Morgan fingerprint density at radius 2 is 1.85 bits per heavy atom. The first-order valence-corrected chi connectivity index (χ1v) is 6.28. The molecule has 0 amide bonds. The molecule has 0 unspecified atom stereocenters. The van der Waals surface area contributed by atoms with Gasteiger partial charge in [0.05, 0.1) is 12.1 Å². The zero-order valence-electron chi connectivity index (χ0n) is 10.7. The number of aromatic carboxylic acids is 1. The summed E-state index contributed by atoms with van der Waals surface area (Å²) in [5.74, 6) is -0.177. The van der Waals surface area contributed by atoms with E-state index in [1.165, 1.54) is 0 Å². The number of rotatable bonds is 4. The maximum Gasteiger partial charge on any atom is 0.337 e. The van der Waals surface area contributed by atoms with Gasteiger partial charge in [-0.2, -0.15) is 0 Å². The Hall–Kier alpha value is -2.75. The van der Waals surface area contributed by atoms with Crippen molar-refractivity contribution in [3.05, 3.63) is 65.9 Å². The molecule has 20 heavy (non-hydrogen) atoms. The van der Waals surface area contributed by atoms with Gasteiger partial charge in [0.15, 0.2) is 0 Å². The number of benzene rings is 2. The molecule has 1 heterocycles. The third-order valence-corrected chi connectivity index (χ3v) is 3.09. The van der Waals surface area contributed by atoms with E-state index in [4.69, 9.17) is 9.52 Å². The van der Waals surface area contributed by atoms with Gasteiger partial charge in [-0.3, -0.25) is 0 Å². The van der Waals surface area contributed by atoms with Crippen molar-refractivity contribution < 1.29 is 14.3 Å². The fourth-order valence-electron chi connectivity index (χ4n) is 2.13. The Bertz CT molecular complexity index is 728. The molecule has 2 aromatic carbocycles. The molecule has 0 atom stereocenters. The van der Waals surface area contributed by atoms with Gasteiger partial charge in [-0.25, -0.2) is 4.79 Å². The topological polar surface area (TPSA) is 62.5 Å². The Kier molecular flexibility index (Phi) is 3.13. The highest BCUT2D eigenvalue weighted by Gasteiger charge is 2.09. The number of carboxylic acids is 1. The minimum Gasteiger partial charge on any atom is -0.478 e. The summed E-state index contributed by atoms with van der Waals surface area (Å²) in [6.45, 7) is 0.443. The first-order chi connectivity index (χ1) is 9.74. The standard InChI is InChI=1S/C16H13NO3/c18-16(19)13-6-2-3-7-14(13)17-10-12-9-11-5-1-4-8-15(11)20-12/h1-9,17H,10H2,(H,18,19). The quantitative estimate of drug-likeness (QED) is 0.755. The lowest BCUT2D eigenvalue weighted by Gasteiger charge is -2.07. The molecule has 0 radical (unpaired) electrons. The molecule has 3 rings (SSSR count). The summed E-state index contributed by atoms with van der Waals surface area (Å²) >= 11 is 0. The van der Waals surface area contributed by atoms with Crippen molar-refractivity contribution in [3.63, 3.8) is 0 Å². The molecule has 0 aliphatic rings. The predicted molar refractivity (Wildman–Crippen MR) is 76.9 cm³/mol. The van der Waals surface area contributed by atoms with E-state index in [2.05, 4.69) is 5.32 Å². The number of hydrogen-bond acceptors (Lipinski definition) is 3. The van der Waals surface area contributed by atoms with Gasteiger partial charge in [0.1, 0.15) is 11.3 Å². The van der Waals surface area contributed by atoms with Crippen LogP contribution in [0.3, 0.4) is 0 Å². The SMILES string of the molecule is O=C(O)c1ccccc1NCc1cc2ccccc2o1. The van der Waals surface area contributed by atoms with Gasteiger partial charge in [-0.05, 0) is 24.3 Å². The summed E-state index contributed by atoms with van der Waals surface area (Å²) in [6, 6.07) is 16.5. The van der Waals surface area contributed by atoms with Crippen LogP contribution in [0.2, 0.25) is 0 Å². The van der Waals surface area contributed by atoms with Crippen LogP contribution in [-0.2, 0) is 6.54 Å². The smallest absolute Gasteiger partial charge is 0.337 e. The van der Waals surface area contributed by atoms with E-state index in [0.29, 0.717) is 12.2 Å². The number of fused-ring (bicyclic) bond motifs is 1. The molecule has 2 N–H and O–H groups in total. The van der Waals surface area contributed by atoms with Crippen LogP contribution < -0.4 is 5.32 Å². The lowest BCUT2D eigenvalue weighted by atomic mass is 10.2. The number of hydrogen-bond donors (Lipinski definition) is 2. The van der Waals surface area contributed by atoms with Crippen LogP contribution >= 0.6 is 0 Å². The Morgan fingerprint density at radius 3 is 2.65 bits per heavy atom. The minimum absolute atomic E-state index is 0.253. The number of carbonyl (C=O) groups is 1. The van der Waals surface area contributed by atoms with Gasteiger partial charge in [0.25, 0.3) is 0 Å². The third-order valence-electron chi connectivity index (χ3n) is 3.09. The highest BCUT2D eigenvalue weighted by atomic mass is 16.4. The molecule has 100 valence electrons. The van der Waals surface area contributed by atoms with Crippen molar-refractivity contribution in [2.24, 2.45) is 0 Å². The van der Waals surface area contributed by atoms with Crippen LogP contribution in [0.5, 0.6) is 0 Å². The predicted octanol–water partition coefficient (Wildman–Crippen LogP) is 3.74. The number of anilines is 1. The third kappa shape index (κ3) is 2.36. The van der Waals surface area contributed by atoms with E-state index in [1.54, 1.807) is 24.3 Å². The fourth-order valence-corrected chi connectivity index (χ4v) is 2.13. The fraction of sp³-hybridized carbons (Fsp3) is 0.0625. The Balaban J connectivity index is 1.81. The van der Waals surface area contributed by atoms with Crippen molar-refractivity contribution in [3.8, 4) is 0 Å². The van der Waals surface area contributed by atoms with E-state index in [-0.39, 0.29) is 5.56 Å². The summed E-state index contributed by atoms with van der Waals surface area (Å²) in [4.78, 5) is 11.1. The van der Waals surface area contributed by atoms with Crippen LogP contribution in [0.25, 0.3) is 11.0 Å². The maximum absolute atomic E-state index is 11.1. The molecule has 4 heteroatoms. The van der Waals surface area contributed by atoms with E-state index in [1.807, 2.05) is 30.3 Å². The lowest BCUT2D eigenvalue weighted by Crippen LogP contribution is -2.05. The van der Waals surface area contributed by atoms with Crippen molar-refractivity contribution in [2.45, 2.75) is 6.54 Å². The van der Waals surface area contributed by atoms with E-state index >= 15 is 0 Å². The molecule has 0 bridgehead atoms. The molecular formula is C16H13NO3. The van der Waals surface area contributed by atoms with Crippen molar-refractivity contribution in [2.75, 3.05) is 5.32 Å². The highest BCUT2D eigenvalue weighted by molar-refractivity contribution is 5.94. The molecular weight excluding hydrogens is 254 g/mol. The number of carboxylic acid groups (broad SMARTS) is 1. The summed E-state index contributed by atoms with van der Waals surface area (Å²) in [6.07, 6.45) is 0. The Morgan fingerprint density at radius 1 is 1.10 bits per heavy atom. The molecule has 0 saturated carbocycles. The van der Waals surface area contributed by atoms with Crippen molar-refractivity contribution in [1.82, 2.24) is 0 Å². The maximum atomic E-state index is 11.1. The van der Waals surface area contributed by atoms with Crippen LogP contribution in [0.15, 0.2) is 59.0 Å². The van der Waals surface area contributed by atoms with Crippen LogP contribution in [0, 0.1) is 0 Å². The second-order valence-electron chi connectivity index (χ2n) is 4.45. The van der Waals surface area contributed by atoms with Gasteiger partial charge < -0.3 is 14.8 Å². The molecule has 3 aromatic rings. The molecule has 4 nitrogen and oxygen atoms in total. The summed E-state index contributed by atoms with van der Waals surface area (Å²) < 4.78 is 5.68. The summed E-state index contributed by atoms with van der Waals surface area (Å²) in [5.41, 5.74) is 1.67. The number of furan rings is 1. The van der Waals surface area contributed by atoms with Crippen molar-refractivity contribution in [1.29, 1.82) is 0 Å². The van der Waals surface area contributed by atoms with E-state index < -0.39 is 5.97 Å². The number of nitrogens with one attached hydrogen (secondary N) is 1. The number of para-hydroxylation sites is 2. The van der Waals surface area contributed by atoms with Crippen LogP contribution in [-0.4, -0.2) is 11.1 Å². The zero-order valence-corrected chi connectivity index (χ0v) is 10.7. The summed E-state index contributed by atoms with van der Waals surface area (Å²) in [5, 5.41) is 13.2. The normalized spacial score (nSPS) is 10.6. The first-order valence-electron chi connectivity index (χ1n) is 6.28. The van der Waals surface area contributed by atoms with Gasteiger partial charge in [-0.1, -0.05) is 30.3 Å². The van der Waals surface area contributed by atoms with Crippen LogP contribution in [0.4, 0.5) is 5.69 Å². The Labute approximate surface area is 115 Å². The second-order valence-corrected chi connectivity index (χ2v) is 4.45. The van der Waals surface area contributed by atoms with E-state index in [0.717, 1.165) is 16.7 Å². The second kappa shape index (κ2) is 5.09. The monoisotopic (exact) mass is 267 g/mol. The summed E-state index contributed by atoms with van der Waals surface area (Å²) in [7, 11) is 0. The van der Waals surface area contributed by atoms with Gasteiger partial charge in [0.2, 0.25) is 0 Å². The van der Waals surface area contributed by atoms with Gasteiger partial charge in [-0.15, -0.1) is 0 Å². The molecule has 1 aromatic heterocycles. The molecule has 0 aliphatic carbocycles. The van der Waals surface area contributed by atoms with Gasteiger partial charge >= 0.3 is 5.97 Å². The first kappa shape index (κ1) is 12.3. The lowest BCUT2D eigenvalue weighted by molar-refractivity contribution is 0.0698. The van der Waals surface area contributed by atoms with Crippen molar-refractivity contribution >= 4 is 22.6 Å². The average Bonchev–Trinajstić information content (AvgIpc) is 2.88. The van der Waals surface area contributed by atoms with Crippen LogP contribution in [0.1, 0.15) is 16.1 Å². The van der Waals surface area contributed by atoms with Gasteiger partial charge in [0, 0.05) is 11.1 Å². The zero-order chi connectivity index (χ0) is 13.9. The average molecular weight is 267 g/mol. The van der Waals surface area contributed by atoms with E-state index in [9.17, 15) is 4.79 Å². The largest absolute Gasteiger partial charge is 0.478 e.